The fraction of sp³-hybridized carbons (Fsp3) is 0.833. The van der Waals surface area contributed by atoms with Crippen LogP contribution in [-0.4, -0.2) is 23.9 Å². The quantitative estimate of drug-likeness (QED) is 0.586. The van der Waals surface area contributed by atoms with E-state index in [-0.39, 0.29) is 18.8 Å². The fourth-order valence-corrected chi connectivity index (χ4v) is 0.440. The Bertz CT molecular complexity index is 52.5. The molecule has 1 N–H and O–H groups in total. The fourth-order valence-electron chi connectivity index (χ4n) is 0.440. The normalized spacial score (nSPS) is 14.6. The Hall–Kier alpha value is -0.0800. The first-order valence-electron chi connectivity index (χ1n) is 2.76. The van der Waals surface area contributed by atoms with E-state index in [1.807, 2.05) is 13.8 Å². The molecule has 0 saturated heterocycles. The van der Waals surface area contributed by atoms with E-state index >= 15 is 0 Å². The molecule has 8 heavy (non-hydrogen) atoms. The molecule has 0 fully saturated rings. The van der Waals surface area contributed by atoms with E-state index < -0.39 is 0 Å². The van der Waals surface area contributed by atoms with Crippen LogP contribution in [0.15, 0.2) is 0 Å². The summed E-state index contributed by atoms with van der Waals surface area (Å²) in [6, 6.07) is 0. The van der Waals surface area contributed by atoms with Crippen molar-refractivity contribution < 1.29 is 9.84 Å². The molecule has 0 aromatic heterocycles. The van der Waals surface area contributed by atoms with Crippen molar-refractivity contribution in [2.24, 2.45) is 0 Å². The van der Waals surface area contributed by atoms with Gasteiger partial charge in [0.25, 0.3) is 0 Å². The van der Waals surface area contributed by atoms with Crippen LogP contribution in [0.5, 0.6) is 0 Å². The number of aliphatic hydroxyl groups excluding tert-OH is 1. The molecule has 0 aromatic rings. The first kappa shape index (κ1) is 7.92. The molecular formula is C6H13O2. The number of aliphatic hydroxyl groups is 1. The summed E-state index contributed by atoms with van der Waals surface area (Å²) in [6.07, 6.45) is -0.111. The van der Waals surface area contributed by atoms with Crippen molar-refractivity contribution in [1.82, 2.24) is 0 Å². The maximum atomic E-state index is 8.43. The highest BCUT2D eigenvalue weighted by Crippen LogP contribution is 1.93. The largest absolute Gasteiger partial charge is 0.394 e. The van der Waals surface area contributed by atoms with Crippen LogP contribution in [-0.2, 0) is 4.74 Å². The summed E-state index contributed by atoms with van der Waals surface area (Å²) < 4.78 is 5.04. The van der Waals surface area contributed by atoms with Crippen molar-refractivity contribution in [3.8, 4) is 0 Å². The highest BCUT2D eigenvalue weighted by atomic mass is 16.5. The molecule has 0 bridgehead atoms. The van der Waals surface area contributed by atoms with Gasteiger partial charge in [-0.15, -0.1) is 0 Å². The number of hydrogen-bond donors (Lipinski definition) is 1. The van der Waals surface area contributed by atoms with Gasteiger partial charge in [-0.3, -0.25) is 0 Å². The minimum atomic E-state index is -0.0810. The van der Waals surface area contributed by atoms with E-state index in [0.717, 1.165) is 0 Å². The Labute approximate surface area is 50.5 Å². The van der Waals surface area contributed by atoms with Crippen LogP contribution in [0.2, 0.25) is 0 Å². The van der Waals surface area contributed by atoms with Crippen molar-refractivity contribution >= 4 is 0 Å². The standard InChI is InChI=1S/C6H13O2/c1-5(2)8-6(3)4-7/h5-7H,1,4H2,2-3H3. The summed E-state index contributed by atoms with van der Waals surface area (Å²) in [5, 5.41) is 8.43. The van der Waals surface area contributed by atoms with Crippen LogP contribution in [0.1, 0.15) is 13.8 Å². The molecule has 2 heteroatoms. The second-order valence-corrected chi connectivity index (χ2v) is 1.94. The first-order chi connectivity index (χ1) is 3.66. The third kappa shape index (κ3) is 4.09. The second-order valence-electron chi connectivity index (χ2n) is 1.94. The third-order valence-corrected chi connectivity index (χ3v) is 0.722. The van der Waals surface area contributed by atoms with Crippen LogP contribution in [0, 0.1) is 6.92 Å². The lowest BCUT2D eigenvalue weighted by Gasteiger charge is -2.11. The third-order valence-electron chi connectivity index (χ3n) is 0.722. The Morgan fingerprint density at radius 1 is 1.62 bits per heavy atom. The smallest absolute Gasteiger partial charge is 0.0781 e. The average molecular weight is 117 g/mol. The molecule has 0 rings (SSSR count). The molecular weight excluding hydrogens is 104 g/mol. The lowest BCUT2D eigenvalue weighted by molar-refractivity contribution is -0.00105. The van der Waals surface area contributed by atoms with Crippen molar-refractivity contribution in [2.45, 2.75) is 26.1 Å². The minimum Gasteiger partial charge on any atom is -0.394 e. The predicted octanol–water partition coefficient (Wildman–Crippen LogP) is 0.606. The zero-order valence-electron chi connectivity index (χ0n) is 5.42. The van der Waals surface area contributed by atoms with Crippen LogP contribution < -0.4 is 0 Å². The molecule has 0 aromatic carbocycles. The zero-order chi connectivity index (χ0) is 6.57. The molecule has 0 aliphatic heterocycles. The molecule has 49 valence electrons. The van der Waals surface area contributed by atoms with Crippen molar-refractivity contribution in [3.05, 3.63) is 6.92 Å². The molecule has 0 aliphatic rings. The van der Waals surface area contributed by atoms with Gasteiger partial charge in [0.15, 0.2) is 0 Å². The average Bonchev–Trinajstić information content (AvgIpc) is 1.65. The van der Waals surface area contributed by atoms with Gasteiger partial charge in [0.2, 0.25) is 0 Å². The molecule has 0 saturated carbocycles. The van der Waals surface area contributed by atoms with Crippen LogP contribution in [0.25, 0.3) is 0 Å². The number of hydrogen-bond acceptors (Lipinski definition) is 2. The second kappa shape index (κ2) is 3.87. The van der Waals surface area contributed by atoms with Gasteiger partial charge < -0.3 is 9.84 Å². The Balaban J connectivity index is 3.10. The summed E-state index contributed by atoms with van der Waals surface area (Å²) in [5.41, 5.74) is 0. The highest BCUT2D eigenvalue weighted by Gasteiger charge is 2.00. The SMILES string of the molecule is [CH2]C(C)OC(C)CO. The topological polar surface area (TPSA) is 29.5 Å². The summed E-state index contributed by atoms with van der Waals surface area (Å²) in [5.74, 6) is 0. The van der Waals surface area contributed by atoms with Gasteiger partial charge in [0.1, 0.15) is 0 Å². The van der Waals surface area contributed by atoms with E-state index in [2.05, 4.69) is 6.92 Å². The van der Waals surface area contributed by atoms with E-state index in [4.69, 9.17) is 9.84 Å². The molecule has 1 radical (unpaired) electrons. The molecule has 0 aliphatic carbocycles. The molecule has 0 spiro atoms. The lowest BCUT2D eigenvalue weighted by atomic mass is 10.4. The van der Waals surface area contributed by atoms with Gasteiger partial charge in [-0.2, -0.15) is 0 Å². The summed E-state index contributed by atoms with van der Waals surface area (Å²) in [6.45, 7) is 7.31. The summed E-state index contributed by atoms with van der Waals surface area (Å²) >= 11 is 0. The van der Waals surface area contributed by atoms with Gasteiger partial charge in [-0.05, 0) is 20.8 Å². The Kier molecular flexibility index (Phi) is 3.83. The van der Waals surface area contributed by atoms with Gasteiger partial charge in [-0.25, -0.2) is 0 Å². The van der Waals surface area contributed by atoms with Gasteiger partial charge in [-0.1, -0.05) is 0 Å². The molecule has 0 amide bonds. The summed E-state index contributed by atoms with van der Waals surface area (Å²) in [7, 11) is 0. The summed E-state index contributed by atoms with van der Waals surface area (Å²) in [4.78, 5) is 0. The molecule has 0 heterocycles. The van der Waals surface area contributed by atoms with Gasteiger partial charge in [0, 0.05) is 0 Å². The highest BCUT2D eigenvalue weighted by molar-refractivity contribution is 4.53. The maximum absolute atomic E-state index is 8.43. The first-order valence-corrected chi connectivity index (χ1v) is 2.76. The molecule has 2 unspecified atom stereocenters. The van der Waals surface area contributed by atoms with Crippen LogP contribution in [0.3, 0.4) is 0 Å². The van der Waals surface area contributed by atoms with Crippen molar-refractivity contribution in [1.29, 1.82) is 0 Å². The Morgan fingerprint density at radius 3 is 2.25 bits per heavy atom. The van der Waals surface area contributed by atoms with E-state index in [1.54, 1.807) is 0 Å². The van der Waals surface area contributed by atoms with Gasteiger partial charge in [0.05, 0.1) is 18.8 Å². The predicted molar refractivity (Wildman–Crippen MR) is 32.5 cm³/mol. The van der Waals surface area contributed by atoms with E-state index in [0.29, 0.717) is 0 Å². The minimum absolute atomic E-state index is 0.0304. The van der Waals surface area contributed by atoms with E-state index in [1.165, 1.54) is 0 Å². The maximum Gasteiger partial charge on any atom is 0.0781 e. The lowest BCUT2D eigenvalue weighted by Crippen LogP contribution is -2.17. The Morgan fingerprint density at radius 2 is 2.12 bits per heavy atom. The molecule has 2 atom stereocenters. The van der Waals surface area contributed by atoms with Crippen LogP contribution >= 0.6 is 0 Å². The van der Waals surface area contributed by atoms with Crippen LogP contribution in [0.4, 0.5) is 0 Å². The van der Waals surface area contributed by atoms with Crippen molar-refractivity contribution in [3.63, 3.8) is 0 Å². The van der Waals surface area contributed by atoms with Gasteiger partial charge >= 0.3 is 0 Å². The van der Waals surface area contributed by atoms with Crippen molar-refractivity contribution in [2.75, 3.05) is 6.61 Å². The monoisotopic (exact) mass is 117 g/mol. The molecule has 2 nitrogen and oxygen atoms in total. The van der Waals surface area contributed by atoms with E-state index in [9.17, 15) is 0 Å². The zero-order valence-corrected chi connectivity index (χ0v) is 5.42. The number of rotatable bonds is 3. The number of ether oxygens (including phenoxy) is 1.